The molecule has 0 aliphatic carbocycles. The molecule has 0 aromatic carbocycles. The minimum atomic E-state index is -3.48. The number of aromatic nitrogens is 1. The molecular weight excluding hydrogens is 288 g/mol. The minimum Gasteiger partial charge on any atom is -0.384 e. The van der Waals surface area contributed by atoms with Crippen LogP contribution in [0.25, 0.3) is 0 Å². The zero-order valence-corrected chi connectivity index (χ0v) is 13.7. The van der Waals surface area contributed by atoms with Crippen LogP contribution in [-0.2, 0) is 10.0 Å². The lowest BCUT2D eigenvalue weighted by Gasteiger charge is -2.21. The number of sulfonamides is 1. The molecule has 1 fully saturated rings. The second-order valence-electron chi connectivity index (χ2n) is 5.57. The van der Waals surface area contributed by atoms with Crippen molar-refractivity contribution < 1.29 is 8.42 Å². The van der Waals surface area contributed by atoms with Gasteiger partial charge in [-0.1, -0.05) is 6.92 Å². The van der Waals surface area contributed by atoms with E-state index in [9.17, 15) is 8.42 Å². The Labute approximate surface area is 127 Å². The molecule has 0 amide bonds. The zero-order valence-electron chi connectivity index (χ0n) is 12.9. The van der Waals surface area contributed by atoms with Crippen LogP contribution in [0.4, 0.5) is 5.69 Å². The third kappa shape index (κ3) is 3.53. The molecule has 1 atom stereocenters. The molecule has 7 heteroatoms. The molecule has 21 heavy (non-hydrogen) atoms. The number of hydrogen-bond donors (Lipinski definition) is 1. The average molecular weight is 312 g/mol. The van der Waals surface area contributed by atoms with Gasteiger partial charge in [0.2, 0.25) is 10.0 Å². The van der Waals surface area contributed by atoms with Crippen molar-refractivity contribution in [3.05, 3.63) is 18.5 Å². The minimum absolute atomic E-state index is 0.276. The maximum absolute atomic E-state index is 12.8. The van der Waals surface area contributed by atoms with Gasteiger partial charge in [0.15, 0.2) is 0 Å². The Morgan fingerprint density at radius 1 is 1.48 bits per heavy atom. The third-order valence-electron chi connectivity index (χ3n) is 3.82. The summed E-state index contributed by atoms with van der Waals surface area (Å²) in [6, 6.07) is 2.01. The van der Waals surface area contributed by atoms with Crippen LogP contribution in [0, 0.1) is 0 Å². The summed E-state index contributed by atoms with van der Waals surface area (Å²) in [4.78, 5) is 6.34. The van der Waals surface area contributed by atoms with Gasteiger partial charge in [-0.15, -0.1) is 0 Å². The van der Waals surface area contributed by atoms with Crippen LogP contribution in [-0.4, -0.2) is 62.4 Å². The number of nitrogens with one attached hydrogen (secondary N) is 1. The molecule has 0 spiro atoms. The highest BCUT2D eigenvalue weighted by molar-refractivity contribution is 7.89. The molecule has 1 N–H and O–H groups in total. The molecule has 1 saturated heterocycles. The van der Waals surface area contributed by atoms with Crippen LogP contribution in [0.15, 0.2) is 23.4 Å². The quantitative estimate of drug-likeness (QED) is 0.856. The van der Waals surface area contributed by atoms with E-state index in [-0.39, 0.29) is 10.9 Å². The Bertz CT molecular complexity index is 574. The normalized spacial score (nSPS) is 20.1. The van der Waals surface area contributed by atoms with E-state index in [0.29, 0.717) is 18.8 Å². The molecule has 1 aliphatic rings. The summed E-state index contributed by atoms with van der Waals surface area (Å²) in [5.74, 6) is 0. The number of nitrogens with zero attached hydrogens (tertiary/aromatic N) is 3. The zero-order chi connectivity index (χ0) is 15.5. The fourth-order valence-electron chi connectivity index (χ4n) is 2.48. The first kappa shape index (κ1) is 16.2. The number of likely N-dealkylation sites (N-methyl/N-ethyl adjacent to an activating group) is 1. The first-order chi connectivity index (χ1) is 9.96. The van der Waals surface area contributed by atoms with Gasteiger partial charge in [-0.05, 0) is 33.0 Å². The van der Waals surface area contributed by atoms with Crippen LogP contribution < -0.4 is 5.32 Å². The predicted octanol–water partition coefficient (Wildman–Crippen LogP) is 1.23. The first-order valence-electron chi connectivity index (χ1n) is 7.31. The Kier molecular flexibility index (Phi) is 5.18. The Morgan fingerprint density at radius 3 is 2.86 bits per heavy atom. The van der Waals surface area contributed by atoms with Crippen LogP contribution >= 0.6 is 0 Å². The topological polar surface area (TPSA) is 65.5 Å². The van der Waals surface area contributed by atoms with Gasteiger partial charge in [0.05, 0.1) is 5.69 Å². The highest BCUT2D eigenvalue weighted by Crippen LogP contribution is 2.27. The van der Waals surface area contributed by atoms with Crippen LogP contribution in [0.3, 0.4) is 0 Å². The van der Waals surface area contributed by atoms with E-state index in [1.54, 1.807) is 16.6 Å². The highest BCUT2D eigenvalue weighted by atomic mass is 32.2. The molecule has 1 aromatic heterocycles. The number of pyridine rings is 1. The van der Waals surface area contributed by atoms with E-state index in [1.165, 1.54) is 6.20 Å². The van der Waals surface area contributed by atoms with Crippen LogP contribution in [0.2, 0.25) is 0 Å². The van der Waals surface area contributed by atoms with Gasteiger partial charge >= 0.3 is 0 Å². The molecule has 1 aromatic rings. The van der Waals surface area contributed by atoms with Crippen molar-refractivity contribution >= 4 is 15.7 Å². The van der Waals surface area contributed by atoms with Gasteiger partial charge in [0, 0.05) is 38.1 Å². The largest absolute Gasteiger partial charge is 0.384 e. The van der Waals surface area contributed by atoms with Crippen molar-refractivity contribution in [2.45, 2.75) is 30.7 Å². The first-order valence-corrected chi connectivity index (χ1v) is 8.75. The Hall–Kier alpha value is -1.18. The average Bonchev–Trinajstić information content (AvgIpc) is 2.96. The van der Waals surface area contributed by atoms with Gasteiger partial charge in [-0.2, -0.15) is 4.31 Å². The van der Waals surface area contributed by atoms with E-state index in [4.69, 9.17) is 0 Å². The number of anilines is 1. The van der Waals surface area contributed by atoms with E-state index in [0.717, 1.165) is 19.4 Å². The maximum atomic E-state index is 12.8. The van der Waals surface area contributed by atoms with Gasteiger partial charge in [0.1, 0.15) is 4.90 Å². The fraction of sp³-hybridized carbons (Fsp3) is 0.643. The summed E-state index contributed by atoms with van der Waals surface area (Å²) < 4.78 is 27.2. The fourth-order valence-corrected chi connectivity index (χ4v) is 4.09. The lowest BCUT2D eigenvalue weighted by Crippen LogP contribution is -2.34. The lowest BCUT2D eigenvalue weighted by atomic mass is 10.2. The van der Waals surface area contributed by atoms with Crippen molar-refractivity contribution in [2.75, 3.05) is 39.0 Å². The Morgan fingerprint density at radius 2 is 2.24 bits per heavy atom. The molecule has 2 rings (SSSR count). The van der Waals surface area contributed by atoms with Gasteiger partial charge in [0.25, 0.3) is 0 Å². The van der Waals surface area contributed by atoms with Crippen molar-refractivity contribution in [3.8, 4) is 0 Å². The molecule has 0 radical (unpaired) electrons. The SMILES string of the molecule is CCCNc1ccncc1S(=O)(=O)N1CCC(N(C)C)C1. The lowest BCUT2D eigenvalue weighted by molar-refractivity contribution is 0.302. The molecular formula is C14H24N4O2S. The summed E-state index contributed by atoms with van der Waals surface area (Å²) in [7, 11) is 0.486. The van der Waals surface area contributed by atoms with Gasteiger partial charge < -0.3 is 10.2 Å². The van der Waals surface area contributed by atoms with E-state index >= 15 is 0 Å². The predicted molar refractivity (Wildman–Crippen MR) is 83.9 cm³/mol. The molecule has 6 nitrogen and oxygen atoms in total. The molecule has 0 bridgehead atoms. The summed E-state index contributed by atoms with van der Waals surface area (Å²) in [5, 5.41) is 3.17. The maximum Gasteiger partial charge on any atom is 0.246 e. The van der Waals surface area contributed by atoms with Crippen molar-refractivity contribution in [3.63, 3.8) is 0 Å². The number of rotatable bonds is 6. The van der Waals surface area contributed by atoms with Crippen molar-refractivity contribution in [1.82, 2.24) is 14.2 Å². The second kappa shape index (κ2) is 6.72. The molecule has 2 heterocycles. The van der Waals surface area contributed by atoms with E-state index in [2.05, 4.69) is 15.2 Å². The summed E-state index contributed by atoms with van der Waals surface area (Å²) in [5.41, 5.74) is 0.639. The van der Waals surface area contributed by atoms with Crippen LogP contribution in [0.1, 0.15) is 19.8 Å². The molecule has 1 aliphatic heterocycles. The molecule has 1 unspecified atom stereocenters. The van der Waals surface area contributed by atoms with E-state index < -0.39 is 10.0 Å². The van der Waals surface area contributed by atoms with Crippen LogP contribution in [0.5, 0.6) is 0 Å². The standard InChI is InChI=1S/C14H24N4O2S/c1-4-7-16-13-5-8-15-10-14(13)21(19,20)18-9-6-12(11-18)17(2)3/h5,8,10,12H,4,6-7,9,11H2,1-3H3,(H,15,16). The number of hydrogen-bond acceptors (Lipinski definition) is 5. The summed E-state index contributed by atoms with van der Waals surface area (Å²) in [6.45, 7) is 3.89. The third-order valence-corrected chi connectivity index (χ3v) is 5.72. The highest BCUT2D eigenvalue weighted by Gasteiger charge is 2.34. The van der Waals surface area contributed by atoms with Gasteiger partial charge in [-0.25, -0.2) is 8.42 Å². The summed E-state index contributed by atoms with van der Waals surface area (Å²) >= 11 is 0. The second-order valence-corrected chi connectivity index (χ2v) is 7.47. The molecule has 118 valence electrons. The smallest absolute Gasteiger partial charge is 0.246 e. The summed E-state index contributed by atoms with van der Waals surface area (Å²) in [6.07, 6.45) is 4.86. The monoisotopic (exact) mass is 312 g/mol. The van der Waals surface area contributed by atoms with E-state index in [1.807, 2.05) is 21.0 Å². The van der Waals surface area contributed by atoms with Crippen molar-refractivity contribution in [2.24, 2.45) is 0 Å². The van der Waals surface area contributed by atoms with Gasteiger partial charge in [-0.3, -0.25) is 4.98 Å². The molecule has 0 saturated carbocycles. The van der Waals surface area contributed by atoms with Crippen molar-refractivity contribution in [1.29, 1.82) is 0 Å². The Balaban J connectivity index is 2.24.